The van der Waals surface area contributed by atoms with Crippen molar-refractivity contribution < 1.29 is 0 Å². The summed E-state index contributed by atoms with van der Waals surface area (Å²) in [5.74, 6) is 0. The zero-order chi connectivity index (χ0) is 11.9. The zero-order valence-electron chi connectivity index (χ0n) is 9.73. The van der Waals surface area contributed by atoms with E-state index in [-0.39, 0.29) is 5.56 Å². The Morgan fingerprint density at radius 2 is 1.94 bits per heavy atom. The standard InChI is InChI=1S/C14H16N2O/c17-14-12(7-5-11-16-14)6-1-2-8-13-9-3-4-10-15-13/h3-5,7,9-11H,1-2,6,8H2,(H,16,17). The largest absolute Gasteiger partial charge is 0.329 e. The van der Waals surface area contributed by atoms with Crippen LogP contribution in [0.3, 0.4) is 0 Å². The third-order valence-electron chi connectivity index (χ3n) is 2.75. The molecule has 88 valence electrons. The van der Waals surface area contributed by atoms with Crippen molar-refractivity contribution in [1.29, 1.82) is 0 Å². The number of aromatic nitrogens is 2. The third-order valence-corrected chi connectivity index (χ3v) is 2.75. The van der Waals surface area contributed by atoms with Crippen LogP contribution in [0.25, 0.3) is 0 Å². The van der Waals surface area contributed by atoms with E-state index in [0.29, 0.717) is 0 Å². The summed E-state index contributed by atoms with van der Waals surface area (Å²) in [4.78, 5) is 18.4. The molecule has 3 nitrogen and oxygen atoms in total. The number of hydrogen-bond donors (Lipinski definition) is 1. The van der Waals surface area contributed by atoms with Crippen LogP contribution in [0, 0.1) is 0 Å². The van der Waals surface area contributed by atoms with E-state index in [0.717, 1.165) is 36.9 Å². The molecule has 0 bridgehead atoms. The lowest BCUT2D eigenvalue weighted by Gasteiger charge is -2.01. The van der Waals surface area contributed by atoms with Gasteiger partial charge in [-0.3, -0.25) is 9.78 Å². The summed E-state index contributed by atoms with van der Waals surface area (Å²) >= 11 is 0. The van der Waals surface area contributed by atoms with Crippen molar-refractivity contribution in [3.05, 3.63) is 64.3 Å². The van der Waals surface area contributed by atoms with Gasteiger partial charge in [0.25, 0.3) is 5.56 Å². The Labute approximate surface area is 101 Å². The Morgan fingerprint density at radius 3 is 2.71 bits per heavy atom. The molecule has 2 aromatic rings. The summed E-state index contributed by atoms with van der Waals surface area (Å²) < 4.78 is 0. The minimum Gasteiger partial charge on any atom is -0.329 e. The van der Waals surface area contributed by atoms with Gasteiger partial charge >= 0.3 is 0 Å². The zero-order valence-corrected chi connectivity index (χ0v) is 9.73. The Hall–Kier alpha value is -1.90. The number of nitrogens with zero attached hydrogens (tertiary/aromatic N) is 1. The number of aryl methyl sites for hydroxylation is 2. The monoisotopic (exact) mass is 228 g/mol. The summed E-state index contributed by atoms with van der Waals surface area (Å²) in [5, 5.41) is 0. The number of H-pyrrole nitrogens is 1. The molecule has 0 aromatic carbocycles. The van der Waals surface area contributed by atoms with Crippen LogP contribution < -0.4 is 5.56 Å². The van der Waals surface area contributed by atoms with E-state index in [1.54, 1.807) is 6.20 Å². The number of nitrogens with one attached hydrogen (secondary N) is 1. The molecule has 3 heteroatoms. The quantitative estimate of drug-likeness (QED) is 0.798. The van der Waals surface area contributed by atoms with E-state index in [2.05, 4.69) is 9.97 Å². The number of rotatable bonds is 5. The van der Waals surface area contributed by atoms with E-state index in [9.17, 15) is 4.79 Å². The molecular weight excluding hydrogens is 212 g/mol. The van der Waals surface area contributed by atoms with Crippen LogP contribution in [0.15, 0.2) is 47.5 Å². The predicted molar refractivity (Wildman–Crippen MR) is 67.9 cm³/mol. The molecule has 17 heavy (non-hydrogen) atoms. The highest BCUT2D eigenvalue weighted by Crippen LogP contribution is 2.04. The maximum atomic E-state index is 11.4. The molecule has 0 aliphatic heterocycles. The predicted octanol–water partition coefficient (Wildman–Crippen LogP) is 2.34. The number of pyridine rings is 2. The average Bonchev–Trinajstić information content (AvgIpc) is 2.38. The van der Waals surface area contributed by atoms with Crippen LogP contribution >= 0.6 is 0 Å². The van der Waals surface area contributed by atoms with Crippen LogP contribution in [0.5, 0.6) is 0 Å². The summed E-state index contributed by atoms with van der Waals surface area (Å²) in [6, 6.07) is 9.72. The van der Waals surface area contributed by atoms with Crippen molar-refractivity contribution in [2.45, 2.75) is 25.7 Å². The van der Waals surface area contributed by atoms with Gasteiger partial charge in [-0.25, -0.2) is 0 Å². The van der Waals surface area contributed by atoms with Gasteiger partial charge in [-0.15, -0.1) is 0 Å². The van der Waals surface area contributed by atoms with E-state index in [4.69, 9.17) is 0 Å². The molecule has 0 unspecified atom stereocenters. The second-order valence-electron chi connectivity index (χ2n) is 4.05. The molecule has 0 radical (unpaired) electrons. The van der Waals surface area contributed by atoms with E-state index in [1.807, 2.05) is 36.5 Å². The van der Waals surface area contributed by atoms with Crippen LogP contribution in [0.1, 0.15) is 24.1 Å². The normalized spacial score (nSPS) is 10.4. The highest BCUT2D eigenvalue weighted by Gasteiger charge is 1.98. The number of aromatic amines is 1. The molecule has 0 fully saturated rings. The molecule has 0 aliphatic carbocycles. The molecule has 2 rings (SSSR count). The Morgan fingerprint density at radius 1 is 1.06 bits per heavy atom. The topological polar surface area (TPSA) is 45.8 Å². The number of hydrogen-bond acceptors (Lipinski definition) is 2. The smallest absolute Gasteiger partial charge is 0.251 e. The second kappa shape index (κ2) is 5.99. The minimum absolute atomic E-state index is 0.0327. The van der Waals surface area contributed by atoms with Crippen LogP contribution in [0.2, 0.25) is 0 Å². The van der Waals surface area contributed by atoms with Crippen molar-refractivity contribution in [3.8, 4) is 0 Å². The van der Waals surface area contributed by atoms with Gasteiger partial charge in [-0.05, 0) is 43.9 Å². The third kappa shape index (κ3) is 3.55. The van der Waals surface area contributed by atoms with Crippen molar-refractivity contribution >= 4 is 0 Å². The molecule has 2 aromatic heterocycles. The van der Waals surface area contributed by atoms with Gasteiger partial charge in [0.05, 0.1) is 0 Å². The first-order chi connectivity index (χ1) is 8.36. The maximum absolute atomic E-state index is 11.4. The minimum atomic E-state index is 0.0327. The average molecular weight is 228 g/mol. The van der Waals surface area contributed by atoms with Crippen molar-refractivity contribution in [2.75, 3.05) is 0 Å². The van der Waals surface area contributed by atoms with Crippen molar-refractivity contribution in [2.24, 2.45) is 0 Å². The molecule has 0 atom stereocenters. The van der Waals surface area contributed by atoms with Gasteiger partial charge in [0.15, 0.2) is 0 Å². The molecule has 0 saturated heterocycles. The fourth-order valence-electron chi connectivity index (χ4n) is 1.82. The number of unbranched alkanes of at least 4 members (excludes halogenated alkanes) is 1. The molecule has 0 spiro atoms. The van der Waals surface area contributed by atoms with E-state index >= 15 is 0 Å². The molecular formula is C14H16N2O. The molecule has 0 amide bonds. The fourth-order valence-corrected chi connectivity index (χ4v) is 1.82. The molecule has 1 N–H and O–H groups in total. The first kappa shape index (κ1) is 11.6. The van der Waals surface area contributed by atoms with Gasteiger partial charge in [0, 0.05) is 23.7 Å². The van der Waals surface area contributed by atoms with Crippen molar-refractivity contribution in [3.63, 3.8) is 0 Å². The summed E-state index contributed by atoms with van der Waals surface area (Å²) in [7, 11) is 0. The molecule has 0 aliphatic rings. The highest BCUT2D eigenvalue weighted by atomic mass is 16.1. The SMILES string of the molecule is O=c1[nH]cccc1CCCCc1ccccn1. The summed E-state index contributed by atoms with van der Waals surface area (Å²) in [6.07, 6.45) is 7.38. The highest BCUT2D eigenvalue weighted by molar-refractivity contribution is 5.09. The van der Waals surface area contributed by atoms with E-state index in [1.165, 1.54) is 0 Å². The van der Waals surface area contributed by atoms with Gasteiger partial charge < -0.3 is 4.98 Å². The molecule has 2 heterocycles. The van der Waals surface area contributed by atoms with Gasteiger partial charge in [-0.1, -0.05) is 12.1 Å². The molecule has 0 saturated carbocycles. The Kier molecular flexibility index (Phi) is 4.08. The first-order valence-corrected chi connectivity index (χ1v) is 5.93. The fraction of sp³-hybridized carbons (Fsp3) is 0.286. The summed E-state index contributed by atoms with van der Waals surface area (Å²) in [6.45, 7) is 0. The van der Waals surface area contributed by atoms with Gasteiger partial charge in [0.1, 0.15) is 0 Å². The lowest BCUT2D eigenvalue weighted by Crippen LogP contribution is -2.10. The van der Waals surface area contributed by atoms with Gasteiger partial charge in [-0.2, -0.15) is 0 Å². The van der Waals surface area contributed by atoms with E-state index < -0.39 is 0 Å². The lowest BCUT2D eigenvalue weighted by atomic mass is 10.1. The van der Waals surface area contributed by atoms with Crippen LogP contribution in [0.4, 0.5) is 0 Å². The first-order valence-electron chi connectivity index (χ1n) is 5.93. The maximum Gasteiger partial charge on any atom is 0.251 e. The Bertz CT molecular complexity index is 505. The van der Waals surface area contributed by atoms with Crippen LogP contribution in [-0.4, -0.2) is 9.97 Å². The van der Waals surface area contributed by atoms with Crippen LogP contribution in [-0.2, 0) is 12.8 Å². The lowest BCUT2D eigenvalue weighted by molar-refractivity contribution is 0.718. The second-order valence-corrected chi connectivity index (χ2v) is 4.05. The Balaban J connectivity index is 1.78. The van der Waals surface area contributed by atoms with Gasteiger partial charge in [0.2, 0.25) is 0 Å². The summed E-state index contributed by atoms with van der Waals surface area (Å²) in [5.41, 5.74) is 2.02. The van der Waals surface area contributed by atoms with Crippen molar-refractivity contribution in [1.82, 2.24) is 9.97 Å².